The first-order valence-corrected chi connectivity index (χ1v) is 32.4. The first-order valence-electron chi connectivity index (χ1n) is 32.4. The van der Waals surface area contributed by atoms with E-state index in [0.717, 1.165) is 0 Å². The molecule has 0 radical (unpaired) electrons. The molecule has 1 aromatic carbocycles. The van der Waals surface area contributed by atoms with Crippen LogP contribution >= 0.6 is 0 Å². The standard InChI is InChI=1S/2C29H61N.C6BF5O2/c2*1-4-6-8-10-12-14-16-18-20-22-24-26-28-30(3)29-27-25-23-21-19-17-15-13-11-9-7-5-2;8-2-1(7(13)14)3(9)5(11)6(12)4(2)10/h2*4-29H2,1-3H3;/q;;-2/p+2. The third kappa shape index (κ3) is 50.3. The predicted octanol–water partition coefficient (Wildman–Crippen LogP) is 16.6. The maximum atomic E-state index is 12.5. The van der Waals surface area contributed by atoms with Crippen molar-refractivity contribution in [1.29, 1.82) is 0 Å². The van der Waals surface area contributed by atoms with Gasteiger partial charge in [-0.1, -0.05) is 292 Å². The van der Waals surface area contributed by atoms with E-state index in [2.05, 4.69) is 41.8 Å². The summed E-state index contributed by atoms with van der Waals surface area (Å²) in [6.45, 7) is 14.8. The summed E-state index contributed by atoms with van der Waals surface area (Å²) < 4.78 is 62.0. The van der Waals surface area contributed by atoms with Crippen LogP contribution in [-0.4, -0.2) is 47.4 Å². The molecule has 0 heterocycles. The molecule has 0 aliphatic rings. The van der Waals surface area contributed by atoms with Crippen LogP contribution in [0.2, 0.25) is 0 Å². The minimum Gasteiger partial charge on any atom is -0.889 e. The smallest absolute Gasteiger partial charge is 0.200 e. The zero-order chi connectivity index (χ0) is 55.0. The van der Waals surface area contributed by atoms with E-state index < -0.39 is 41.7 Å². The molecule has 0 spiro atoms. The Morgan fingerprint density at radius 2 is 0.378 bits per heavy atom. The molecule has 0 bridgehead atoms. The van der Waals surface area contributed by atoms with E-state index in [4.69, 9.17) is 0 Å². The number of halogens is 5. The van der Waals surface area contributed by atoms with E-state index in [1.165, 1.54) is 334 Å². The van der Waals surface area contributed by atoms with Crippen molar-refractivity contribution in [2.24, 2.45) is 0 Å². The first-order chi connectivity index (χ1) is 36.0. The first kappa shape index (κ1) is 74.8. The molecule has 0 amide bonds. The van der Waals surface area contributed by atoms with Gasteiger partial charge in [-0.25, -0.2) is 22.0 Å². The molecule has 0 saturated heterocycles. The fraction of sp³-hybridized carbons (Fsp3) is 0.906. The van der Waals surface area contributed by atoms with Gasteiger partial charge in [0, 0.05) is 0 Å². The average molecular weight is 1060 g/mol. The summed E-state index contributed by atoms with van der Waals surface area (Å²) in [4.78, 5) is 3.54. The Bertz CT molecular complexity index is 1140. The number of quaternary nitrogens is 2. The van der Waals surface area contributed by atoms with Crippen LogP contribution in [0.4, 0.5) is 22.0 Å². The summed E-state index contributed by atoms with van der Waals surface area (Å²) >= 11 is 0. The van der Waals surface area contributed by atoms with Gasteiger partial charge in [0.2, 0.25) is 0 Å². The Morgan fingerprint density at radius 1 is 0.243 bits per heavy atom. The van der Waals surface area contributed by atoms with Crippen LogP contribution in [0.15, 0.2) is 0 Å². The lowest BCUT2D eigenvalue weighted by atomic mass is 9.79. The fourth-order valence-corrected chi connectivity index (χ4v) is 10.1. The van der Waals surface area contributed by atoms with Crippen LogP contribution in [0, 0.1) is 29.1 Å². The van der Waals surface area contributed by atoms with E-state index in [9.17, 15) is 32.0 Å². The lowest BCUT2D eigenvalue weighted by Crippen LogP contribution is -3.09. The zero-order valence-electron chi connectivity index (χ0n) is 50.1. The van der Waals surface area contributed by atoms with Gasteiger partial charge in [-0.2, -0.15) is 0 Å². The van der Waals surface area contributed by atoms with Crippen LogP contribution in [0.25, 0.3) is 0 Å². The van der Waals surface area contributed by atoms with E-state index in [1.807, 2.05) is 0 Å². The Balaban J connectivity index is 0. The molecule has 0 unspecified atom stereocenters. The van der Waals surface area contributed by atoms with Gasteiger partial charge in [-0.15, -0.1) is 0 Å². The quantitative estimate of drug-likeness (QED) is 0.0225. The number of hydrogen-bond donors (Lipinski definition) is 2. The van der Waals surface area contributed by atoms with Crippen molar-refractivity contribution < 1.29 is 41.8 Å². The molecule has 10 heteroatoms. The molecule has 4 nitrogen and oxygen atoms in total. The summed E-state index contributed by atoms with van der Waals surface area (Å²) in [5.41, 5.74) is -1.89. The maximum Gasteiger partial charge on any atom is 0.200 e. The number of nitrogens with one attached hydrogen (secondary N) is 2. The van der Waals surface area contributed by atoms with E-state index in [1.54, 1.807) is 9.80 Å². The Morgan fingerprint density at radius 3 is 0.527 bits per heavy atom. The molecule has 1 aromatic rings. The van der Waals surface area contributed by atoms with E-state index >= 15 is 0 Å². The molecule has 440 valence electrons. The normalized spacial score (nSPS) is 11.4. The second kappa shape index (κ2) is 59.4. The van der Waals surface area contributed by atoms with Crippen LogP contribution < -0.4 is 25.3 Å². The van der Waals surface area contributed by atoms with Crippen molar-refractivity contribution in [2.45, 2.75) is 336 Å². The number of unbranched alkanes of at least 4 members (excludes halogenated alkanes) is 44. The fourth-order valence-electron chi connectivity index (χ4n) is 10.1. The van der Waals surface area contributed by atoms with Crippen LogP contribution in [0.5, 0.6) is 0 Å². The lowest BCUT2D eigenvalue weighted by Gasteiger charge is -2.27. The Hall–Kier alpha value is -1.23. The van der Waals surface area contributed by atoms with Crippen molar-refractivity contribution in [2.75, 3.05) is 40.3 Å². The van der Waals surface area contributed by atoms with Gasteiger partial charge in [0.1, 0.15) is 0 Å². The second-order valence-corrected chi connectivity index (χ2v) is 22.8. The zero-order valence-corrected chi connectivity index (χ0v) is 50.1. The topological polar surface area (TPSA) is 55.0 Å². The Labute approximate surface area is 457 Å². The molecule has 0 aliphatic carbocycles. The highest BCUT2D eigenvalue weighted by Gasteiger charge is 2.23. The molecule has 74 heavy (non-hydrogen) atoms. The van der Waals surface area contributed by atoms with Crippen molar-refractivity contribution >= 4 is 12.6 Å². The van der Waals surface area contributed by atoms with Gasteiger partial charge in [0.25, 0.3) is 0 Å². The maximum absolute atomic E-state index is 12.5. The highest BCUT2D eigenvalue weighted by molar-refractivity contribution is 6.55. The third-order valence-electron chi connectivity index (χ3n) is 15.3. The molecular weight excluding hydrogens is 935 g/mol. The van der Waals surface area contributed by atoms with Crippen molar-refractivity contribution in [3.05, 3.63) is 29.1 Å². The van der Waals surface area contributed by atoms with Crippen molar-refractivity contribution in [1.82, 2.24) is 0 Å². The Kier molecular flexibility index (Phi) is 60.1. The molecule has 2 N–H and O–H groups in total. The van der Waals surface area contributed by atoms with Gasteiger partial charge in [0.05, 0.1) is 40.3 Å². The lowest BCUT2D eigenvalue weighted by molar-refractivity contribution is -0.880. The predicted molar refractivity (Wildman–Crippen MR) is 309 cm³/mol. The van der Waals surface area contributed by atoms with Crippen LogP contribution in [0.1, 0.15) is 336 Å². The summed E-state index contributed by atoms with van der Waals surface area (Å²) in [7, 11) is 1.56. The van der Waals surface area contributed by atoms with E-state index in [0.29, 0.717) is 0 Å². The molecule has 0 atom stereocenters. The average Bonchev–Trinajstić information content (AvgIpc) is 3.39. The summed E-state index contributed by atoms with van der Waals surface area (Å²) in [6.07, 6.45) is 70.2. The van der Waals surface area contributed by atoms with E-state index in [-0.39, 0.29) is 0 Å². The SMILES string of the molecule is CCCCCCCCCCCCCC[NH+](C)CCCCCCCCCCCCCC.CCCCCCCCCCCCCC[NH+](C)CCCCCCCCCCCCCC.[O-]B([O-])c1c(F)c(F)c(F)c(F)c1F. The third-order valence-corrected chi connectivity index (χ3v) is 15.3. The van der Waals surface area contributed by atoms with Gasteiger partial charge in [-0.05, 0) is 56.8 Å². The minimum atomic E-state index is -3.26. The van der Waals surface area contributed by atoms with Gasteiger partial charge >= 0.3 is 0 Å². The molecule has 0 aliphatic heterocycles. The van der Waals surface area contributed by atoms with Gasteiger partial charge < -0.3 is 19.8 Å². The largest absolute Gasteiger partial charge is 0.889 e. The summed E-state index contributed by atoms with van der Waals surface area (Å²) in [5.74, 6) is -11.7. The van der Waals surface area contributed by atoms with Gasteiger partial charge in [-0.3, -0.25) is 0 Å². The highest BCUT2D eigenvalue weighted by atomic mass is 19.2. The van der Waals surface area contributed by atoms with Crippen LogP contribution in [-0.2, 0) is 0 Å². The highest BCUT2D eigenvalue weighted by Crippen LogP contribution is 2.17. The summed E-state index contributed by atoms with van der Waals surface area (Å²) in [5, 5.41) is 20.2. The monoisotopic (exact) mass is 1060 g/mol. The molecule has 0 fully saturated rings. The summed E-state index contributed by atoms with van der Waals surface area (Å²) in [6, 6.07) is 0. The minimum absolute atomic E-state index is 1.37. The van der Waals surface area contributed by atoms with Crippen molar-refractivity contribution in [3.8, 4) is 0 Å². The number of rotatable bonds is 53. The molecule has 0 saturated carbocycles. The molecular formula is C64H124BF5N2O2. The van der Waals surface area contributed by atoms with Crippen LogP contribution in [0.3, 0.4) is 0 Å². The second-order valence-electron chi connectivity index (χ2n) is 22.8. The number of hydrogen-bond acceptors (Lipinski definition) is 2. The molecule has 1 rings (SSSR count). The number of benzene rings is 1. The van der Waals surface area contributed by atoms with Gasteiger partial charge in [0.15, 0.2) is 29.1 Å². The van der Waals surface area contributed by atoms with Crippen molar-refractivity contribution in [3.63, 3.8) is 0 Å². The molecule has 0 aromatic heterocycles.